The summed E-state index contributed by atoms with van der Waals surface area (Å²) in [6.07, 6.45) is 8.73. The Kier molecular flexibility index (Phi) is 6.43. The van der Waals surface area contributed by atoms with E-state index in [-0.39, 0.29) is 16.5 Å². The van der Waals surface area contributed by atoms with Crippen molar-refractivity contribution in [3.8, 4) is 0 Å². The summed E-state index contributed by atoms with van der Waals surface area (Å²) in [4.78, 5) is 21.2. The van der Waals surface area contributed by atoms with Gasteiger partial charge in [-0.2, -0.15) is 0 Å². The fourth-order valence-corrected chi connectivity index (χ4v) is 5.15. The largest absolute Gasteiger partial charge is 0.336 e. The standard InChI is InChI=1S/C24H28N4O3S/c1-3-25-23-18(2)5-4-6-22(23)32(30,31)26-21-11-9-20(10-12-21)24(29)28-15-13-27(14-16-28)17-19-7-8-19/h3-6,9-12,19,26H,1-2,7-8,13-17H2/b25-23+. The Morgan fingerprint density at radius 3 is 2.47 bits per heavy atom. The summed E-state index contributed by atoms with van der Waals surface area (Å²) in [5.74, 6) is 0.827. The normalized spacial score (nSPS) is 20.9. The average molecular weight is 453 g/mol. The van der Waals surface area contributed by atoms with Gasteiger partial charge in [-0.25, -0.2) is 8.42 Å². The first-order valence-corrected chi connectivity index (χ1v) is 12.3. The molecule has 1 heterocycles. The van der Waals surface area contributed by atoms with Crippen molar-refractivity contribution in [1.82, 2.24) is 9.80 Å². The number of piperazine rings is 1. The van der Waals surface area contributed by atoms with Gasteiger partial charge in [-0.1, -0.05) is 25.3 Å². The summed E-state index contributed by atoms with van der Waals surface area (Å²) in [6, 6.07) is 6.52. The third kappa shape index (κ3) is 5.08. The third-order valence-corrected chi connectivity index (χ3v) is 7.26. The van der Waals surface area contributed by atoms with Crippen LogP contribution in [-0.2, 0) is 10.0 Å². The minimum absolute atomic E-state index is 0.0223. The Balaban J connectivity index is 1.40. The van der Waals surface area contributed by atoms with Crippen LogP contribution in [-0.4, -0.2) is 62.6 Å². The second-order valence-electron chi connectivity index (χ2n) is 8.29. The number of hydrogen-bond donors (Lipinski definition) is 1. The Bertz CT molecular complexity index is 1100. The highest BCUT2D eigenvalue weighted by atomic mass is 32.2. The van der Waals surface area contributed by atoms with Crippen LogP contribution in [0.1, 0.15) is 23.2 Å². The highest BCUT2D eigenvalue weighted by Gasteiger charge is 2.28. The van der Waals surface area contributed by atoms with Crippen molar-refractivity contribution in [2.45, 2.75) is 12.8 Å². The van der Waals surface area contributed by atoms with Gasteiger partial charge in [0.15, 0.2) is 0 Å². The molecule has 0 atom stereocenters. The molecule has 32 heavy (non-hydrogen) atoms. The van der Waals surface area contributed by atoms with Crippen LogP contribution in [0.2, 0.25) is 0 Å². The van der Waals surface area contributed by atoms with Crippen LogP contribution in [0.15, 0.2) is 77.3 Å². The fraction of sp³-hybridized carbons (Fsp3) is 0.333. The molecule has 4 rings (SSSR count). The van der Waals surface area contributed by atoms with Crippen molar-refractivity contribution in [2.24, 2.45) is 10.9 Å². The Hall–Kier alpha value is -2.97. The number of sulfonamides is 1. The molecule has 0 aromatic heterocycles. The Morgan fingerprint density at radius 1 is 1.16 bits per heavy atom. The van der Waals surface area contributed by atoms with Crippen LogP contribution in [0.25, 0.3) is 0 Å². The number of benzene rings is 1. The number of rotatable bonds is 7. The maximum absolute atomic E-state index is 12.9. The second kappa shape index (κ2) is 9.26. The average Bonchev–Trinajstić information content (AvgIpc) is 3.59. The number of nitrogens with zero attached hydrogens (tertiary/aromatic N) is 3. The smallest absolute Gasteiger partial charge is 0.264 e. The molecule has 168 valence electrons. The Morgan fingerprint density at radius 2 is 1.84 bits per heavy atom. The van der Waals surface area contributed by atoms with Gasteiger partial charge in [-0.05, 0) is 54.7 Å². The summed E-state index contributed by atoms with van der Waals surface area (Å²) in [5, 5.41) is 0. The molecule has 1 aromatic carbocycles. The lowest BCUT2D eigenvalue weighted by atomic mass is 10.1. The van der Waals surface area contributed by atoms with E-state index < -0.39 is 10.0 Å². The van der Waals surface area contributed by atoms with E-state index in [2.05, 4.69) is 27.8 Å². The van der Waals surface area contributed by atoms with E-state index in [1.54, 1.807) is 36.4 Å². The number of carbonyl (C=O) groups excluding carboxylic acids is 1. The fourth-order valence-electron chi connectivity index (χ4n) is 3.90. The SMILES string of the molecule is C=C/N=C1\C(=C)C=CC=C1S(=O)(=O)Nc1ccc(C(=O)N2CCN(CC3CC3)CC2)cc1. The van der Waals surface area contributed by atoms with Gasteiger partial charge in [0.25, 0.3) is 15.9 Å². The zero-order valence-corrected chi connectivity index (χ0v) is 18.9. The van der Waals surface area contributed by atoms with Crippen LogP contribution in [0.3, 0.4) is 0 Å². The molecular weight excluding hydrogens is 424 g/mol. The number of carbonyl (C=O) groups is 1. The molecule has 1 aliphatic heterocycles. The highest BCUT2D eigenvalue weighted by Crippen LogP contribution is 2.30. The predicted molar refractivity (Wildman–Crippen MR) is 128 cm³/mol. The highest BCUT2D eigenvalue weighted by molar-refractivity contribution is 7.97. The van der Waals surface area contributed by atoms with Gasteiger partial charge in [0, 0.05) is 50.2 Å². The maximum Gasteiger partial charge on any atom is 0.264 e. The molecule has 2 fully saturated rings. The molecule has 1 aromatic rings. The lowest BCUT2D eigenvalue weighted by molar-refractivity contribution is 0.0632. The van der Waals surface area contributed by atoms with Gasteiger partial charge in [-0.3, -0.25) is 19.4 Å². The minimum atomic E-state index is -3.89. The zero-order chi connectivity index (χ0) is 22.7. The van der Waals surface area contributed by atoms with Crippen LogP contribution in [0.5, 0.6) is 0 Å². The van der Waals surface area contributed by atoms with Crippen molar-refractivity contribution >= 4 is 27.3 Å². The van der Waals surface area contributed by atoms with Crippen LogP contribution in [0.4, 0.5) is 5.69 Å². The number of amides is 1. The summed E-state index contributed by atoms with van der Waals surface area (Å²) in [5.41, 5.74) is 1.66. The van der Waals surface area contributed by atoms with Gasteiger partial charge >= 0.3 is 0 Å². The summed E-state index contributed by atoms with van der Waals surface area (Å²) in [7, 11) is -3.89. The van der Waals surface area contributed by atoms with Crippen molar-refractivity contribution in [3.05, 3.63) is 77.9 Å². The molecule has 0 spiro atoms. The van der Waals surface area contributed by atoms with Crippen LogP contribution < -0.4 is 4.72 Å². The zero-order valence-electron chi connectivity index (χ0n) is 18.0. The molecule has 1 saturated carbocycles. The van der Waals surface area contributed by atoms with Gasteiger partial charge in [0.1, 0.15) is 4.91 Å². The van der Waals surface area contributed by atoms with Crippen molar-refractivity contribution in [1.29, 1.82) is 0 Å². The summed E-state index contributed by atoms with van der Waals surface area (Å²) < 4.78 is 28.4. The number of aliphatic imine (C=N–C) groups is 1. The van der Waals surface area contributed by atoms with E-state index in [0.717, 1.165) is 38.6 Å². The van der Waals surface area contributed by atoms with Gasteiger partial charge in [-0.15, -0.1) is 0 Å². The van der Waals surface area contributed by atoms with Crippen molar-refractivity contribution in [2.75, 3.05) is 37.4 Å². The molecule has 1 N–H and O–H groups in total. The number of hydrogen-bond acceptors (Lipinski definition) is 5. The number of anilines is 1. The summed E-state index contributed by atoms with van der Waals surface area (Å²) in [6.45, 7) is 11.8. The predicted octanol–water partition coefficient (Wildman–Crippen LogP) is 3.19. The molecule has 8 heteroatoms. The molecule has 1 saturated heterocycles. The van der Waals surface area contributed by atoms with Gasteiger partial charge in [0.05, 0.1) is 5.71 Å². The number of allylic oxidation sites excluding steroid dienone is 5. The van der Waals surface area contributed by atoms with E-state index >= 15 is 0 Å². The lowest BCUT2D eigenvalue weighted by Gasteiger charge is -2.34. The van der Waals surface area contributed by atoms with Crippen molar-refractivity contribution < 1.29 is 13.2 Å². The first-order chi connectivity index (χ1) is 15.4. The van der Waals surface area contributed by atoms with Crippen LogP contribution in [0, 0.1) is 5.92 Å². The van der Waals surface area contributed by atoms with Crippen molar-refractivity contribution in [3.63, 3.8) is 0 Å². The molecule has 2 aliphatic carbocycles. The van der Waals surface area contributed by atoms with Gasteiger partial charge < -0.3 is 4.90 Å². The van der Waals surface area contributed by atoms with E-state index in [4.69, 9.17) is 0 Å². The molecule has 0 radical (unpaired) electrons. The molecular formula is C24H28N4O3S. The molecule has 7 nitrogen and oxygen atoms in total. The maximum atomic E-state index is 12.9. The topological polar surface area (TPSA) is 82.1 Å². The molecule has 0 unspecified atom stereocenters. The number of nitrogens with one attached hydrogen (secondary N) is 1. The third-order valence-electron chi connectivity index (χ3n) is 5.85. The summed E-state index contributed by atoms with van der Waals surface area (Å²) >= 11 is 0. The van der Waals surface area contributed by atoms with E-state index in [1.807, 2.05) is 4.90 Å². The first-order valence-electron chi connectivity index (χ1n) is 10.8. The lowest BCUT2D eigenvalue weighted by Crippen LogP contribution is -2.49. The monoisotopic (exact) mass is 452 g/mol. The quantitative estimate of drug-likeness (QED) is 0.689. The molecule has 3 aliphatic rings. The first kappa shape index (κ1) is 22.2. The van der Waals surface area contributed by atoms with E-state index in [1.165, 1.54) is 25.1 Å². The Labute approximate surface area is 189 Å². The van der Waals surface area contributed by atoms with E-state index in [0.29, 0.717) is 16.8 Å². The van der Waals surface area contributed by atoms with Crippen LogP contribution >= 0.6 is 0 Å². The molecule has 0 bridgehead atoms. The van der Waals surface area contributed by atoms with E-state index in [9.17, 15) is 13.2 Å². The van der Waals surface area contributed by atoms with Gasteiger partial charge in [0.2, 0.25) is 0 Å². The minimum Gasteiger partial charge on any atom is -0.336 e. The molecule has 1 amide bonds. The second-order valence-corrected chi connectivity index (χ2v) is 9.95.